The summed E-state index contributed by atoms with van der Waals surface area (Å²) >= 11 is 0. The second-order valence-electron chi connectivity index (χ2n) is 6.16. The maximum absolute atomic E-state index is 12.0. The molecule has 1 amide bonds. The van der Waals surface area contributed by atoms with Crippen LogP contribution in [0.25, 0.3) is 0 Å². The van der Waals surface area contributed by atoms with Crippen molar-refractivity contribution < 1.29 is 4.79 Å². The van der Waals surface area contributed by atoms with Gasteiger partial charge in [-0.1, -0.05) is 27.7 Å². The maximum Gasteiger partial charge on any atom is 0.241 e. The molecule has 0 spiro atoms. The summed E-state index contributed by atoms with van der Waals surface area (Å²) < 4.78 is 0. The molecule has 15 heavy (non-hydrogen) atoms. The van der Waals surface area contributed by atoms with Gasteiger partial charge in [0.05, 0.1) is 12.2 Å². The van der Waals surface area contributed by atoms with Crippen LogP contribution in [-0.2, 0) is 4.79 Å². The van der Waals surface area contributed by atoms with E-state index < -0.39 is 0 Å². The van der Waals surface area contributed by atoms with Crippen LogP contribution in [0.15, 0.2) is 0 Å². The van der Waals surface area contributed by atoms with Crippen molar-refractivity contribution >= 4 is 5.91 Å². The molecule has 1 N–H and O–H groups in total. The van der Waals surface area contributed by atoms with Crippen molar-refractivity contribution in [1.82, 2.24) is 10.2 Å². The number of carbonyl (C=O) groups is 1. The zero-order valence-electron chi connectivity index (χ0n) is 10.6. The molecule has 2 unspecified atom stereocenters. The molecule has 1 saturated carbocycles. The van der Waals surface area contributed by atoms with Crippen LogP contribution in [0.2, 0.25) is 0 Å². The average molecular weight is 210 g/mol. The van der Waals surface area contributed by atoms with Crippen molar-refractivity contribution in [3.63, 3.8) is 0 Å². The summed E-state index contributed by atoms with van der Waals surface area (Å²) in [6, 6.07) is 0.358. The lowest BCUT2D eigenvalue weighted by Crippen LogP contribution is -2.39. The van der Waals surface area contributed by atoms with Gasteiger partial charge in [-0.3, -0.25) is 10.1 Å². The Morgan fingerprint density at radius 2 is 1.60 bits per heavy atom. The minimum atomic E-state index is -0.0211. The van der Waals surface area contributed by atoms with E-state index in [1.807, 2.05) is 11.8 Å². The second-order valence-corrected chi connectivity index (χ2v) is 6.16. The smallest absolute Gasteiger partial charge is 0.241 e. The van der Waals surface area contributed by atoms with Gasteiger partial charge in [0.15, 0.2) is 0 Å². The lowest BCUT2D eigenvalue weighted by Gasteiger charge is -2.23. The Balaban J connectivity index is 2.24. The molecule has 1 heterocycles. The Labute approximate surface area is 92.2 Å². The van der Waals surface area contributed by atoms with Crippen LogP contribution in [0.3, 0.4) is 0 Å². The summed E-state index contributed by atoms with van der Waals surface area (Å²) in [7, 11) is 0. The minimum absolute atomic E-state index is 0.0211. The van der Waals surface area contributed by atoms with Crippen molar-refractivity contribution in [2.45, 2.75) is 59.8 Å². The zero-order chi connectivity index (χ0) is 11.6. The van der Waals surface area contributed by atoms with Gasteiger partial charge in [-0.2, -0.15) is 0 Å². The van der Waals surface area contributed by atoms with Gasteiger partial charge >= 0.3 is 0 Å². The monoisotopic (exact) mass is 210 g/mol. The fourth-order valence-corrected chi connectivity index (χ4v) is 3.14. The Morgan fingerprint density at radius 1 is 1.13 bits per heavy atom. The van der Waals surface area contributed by atoms with Gasteiger partial charge in [0.2, 0.25) is 5.91 Å². The van der Waals surface area contributed by atoms with Gasteiger partial charge < -0.3 is 4.90 Å². The van der Waals surface area contributed by atoms with Crippen LogP contribution in [0.1, 0.15) is 41.5 Å². The van der Waals surface area contributed by atoms with Gasteiger partial charge in [-0.15, -0.1) is 0 Å². The van der Waals surface area contributed by atoms with Gasteiger partial charge in [-0.25, -0.2) is 0 Å². The molecule has 86 valence electrons. The number of carbonyl (C=O) groups excluding carboxylic acids is 1. The van der Waals surface area contributed by atoms with Gasteiger partial charge in [0.1, 0.15) is 0 Å². The Morgan fingerprint density at radius 3 is 1.87 bits per heavy atom. The van der Waals surface area contributed by atoms with Crippen LogP contribution < -0.4 is 5.32 Å². The summed E-state index contributed by atoms with van der Waals surface area (Å²) in [5.74, 6) is 0.256. The third kappa shape index (κ3) is 1.19. The summed E-state index contributed by atoms with van der Waals surface area (Å²) in [6.07, 6.45) is 0.179. The molecule has 0 radical (unpaired) electrons. The average Bonchev–Trinajstić information content (AvgIpc) is 2.31. The quantitative estimate of drug-likeness (QED) is 0.713. The highest BCUT2D eigenvalue weighted by Gasteiger charge is 2.69. The molecule has 2 atom stereocenters. The molecule has 2 fully saturated rings. The predicted molar refractivity (Wildman–Crippen MR) is 60.3 cm³/mol. The van der Waals surface area contributed by atoms with Crippen molar-refractivity contribution in [2.75, 3.05) is 0 Å². The van der Waals surface area contributed by atoms with Gasteiger partial charge in [-0.05, 0) is 24.7 Å². The minimum Gasteiger partial charge on any atom is -0.322 e. The van der Waals surface area contributed by atoms with E-state index >= 15 is 0 Å². The molecule has 2 aliphatic rings. The number of amides is 1. The molecule has 3 nitrogen and oxygen atoms in total. The number of nitrogens with one attached hydrogen (secondary N) is 1. The van der Waals surface area contributed by atoms with E-state index in [0.717, 1.165) is 0 Å². The van der Waals surface area contributed by atoms with Gasteiger partial charge in [0.25, 0.3) is 0 Å². The van der Waals surface area contributed by atoms with Crippen LogP contribution in [0.4, 0.5) is 0 Å². The molecule has 0 aromatic rings. The molecule has 3 heteroatoms. The Bertz CT molecular complexity index is 295. The zero-order valence-corrected chi connectivity index (χ0v) is 10.6. The third-order valence-electron chi connectivity index (χ3n) is 4.76. The van der Waals surface area contributed by atoms with E-state index in [1.165, 1.54) is 0 Å². The summed E-state index contributed by atoms with van der Waals surface area (Å²) in [6.45, 7) is 13.0. The van der Waals surface area contributed by atoms with Crippen LogP contribution >= 0.6 is 0 Å². The molecule has 2 rings (SSSR count). The fourth-order valence-electron chi connectivity index (χ4n) is 3.14. The van der Waals surface area contributed by atoms with E-state index in [-0.39, 0.29) is 28.9 Å². The highest BCUT2D eigenvalue weighted by molar-refractivity contribution is 5.84. The molecule has 1 aliphatic carbocycles. The van der Waals surface area contributed by atoms with Crippen LogP contribution in [0.5, 0.6) is 0 Å². The molecular formula is C12H22N2O. The highest BCUT2D eigenvalue weighted by atomic mass is 16.2. The fraction of sp³-hybridized carbons (Fsp3) is 0.917. The van der Waals surface area contributed by atoms with Crippen molar-refractivity contribution in [3.05, 3.63) is 0 Å². The molecular weight excluding hydrogens is 188 g/mol. The molecule has 1 aliphatic heterocycles. The first kappa shape index (κ1) is 10.9. The number of rotatable bonds is 1. The molecule has 0 aromatic heterocycles. The van der Waals surface area contributed by atoms with Gasteiger partial charge in [0, 0.05) is 6.04 Å². The Hall–Kier alpha value is -0.570. The van der Waals surface area contributed by atoms with E-state index in [2.05, 4.69) is 39.9 Å². The van der Waals surface area contributed by atoms with Crippen LogP contribution in [0, 0.1) is 10.8 Å². The lowest BCUT2D eigenvalue weighted by molar-refractivity contribution is -0.130. The van der Waals surface area contributed by atoms with E-state index in [1.54, 1.807) is 0 Å². The first-order valence-corrected chi connectivity index (χ1v) is 5.79. The van der Waals surface area contributed by atoms with Crippen molar-refractivity contribution in [3.8, 4) is 0 Å². The third-order valence-corrected chi connectivity index (χ3v) is 4.76. The normalized spacial score (nSPS) is 38.5. The number of nitrogens with zero attached hydrogens (tertiary/aromatic N) is 1. The standard InChI is InChI=1S/C12H22N2O/c1-7-9(15)14(8(2)13-7)10-11(3,4)12(10,5)6/h7-8,10,13H,1-6H3. The highest BCUT2D eigenvalue weighted by Crippen LogP contribution is 2.65. The summed E-state index contributed by atoms with van der Waals surface area (Å²) in [4.78, 5) is 14.1. The number of hydrogen-bond donors (Lipinski definition) is 1. The number of hydrogen-bond acceptors (Lipinski definition) is 2. The lowest BCUT2D eigenvalue weighted by atomic mass is 10.0. The second kappa shape index (κ2) is 2.76. The molecule has 0 bridgehead atoms. The molecule has 0 aromatic carbocycles. The first-order chi connectivity index (χ1) is 6.71. The summed E-state index contributed by atoms with van der Waals surface area (Å²) in [5, 5.41) is 3.29. The predicted octanol–water partition coefficient (Wildman–Crippen LogP) is 1.59. The van der Waals surface area contributed by atoms with E-state index in [9.17, 15) is 4.79 Å². The maximum atomic E-state index is 12.0. The largest absolute Gasteiger partial charge is 0.322 e. The van der Waals surface area contributed by atoms with Crippen LogP contribution in [-0.4, -0.2) is 29.1 Å². The van der Waals surface area contributed by atoms with E-state index in [0.29, 0.717) is 6.04 Å². The van der Waals surface area contributed by atoms with Crippen molar-refractivity contribution in [1.29, 1.82) is 0 Å². The van der Waals surface area contributed by atoms with E-state index in [4.69, 9.17) is 0 Å². The van der Waals surface area contributed by atoms with Crippen molar-refractivity contribution in [2.24, 2.45) is 10.8 Å². The topological polar surface area (TPSA) is 32.3 Å². The SMILES string of the molecule is CC1NC(C)N(C2C(C)(C)C2(C)C)C1=O. The first-order valence-electron chi connectivity index (χ1n) is 5.79. The Kier molecular flexibility index (Phi) is 2.01. The molecule has 1 saturated heterocycles. The summed E-state index contributed by atoms with van der Waals surface area (Å²) in [5.41, 5.74) is 0.478.